The summed E-state index contributed by atoms with van der Waals surface area (Å²) in [5.74, 6) is 1.03. The van der Waals surface area contributed by atoms with Crippen LogP contribution >= 0.6 is 11.3 Å². The van der Waals surface area contributed by atoms with E-state index < -0.39 is 0 Å². The molecule has 1 amide bonds. The van der Waals surface area contributed by atoms with Gasteiger partial charge in [-0.3, -0.25) is 9.69 Å². The molecule has 7 nitrogen and oxygen atoms in total. The number of methoxy groups -OCH3 is 1. The highest BCUT2D eigenvalue weighted by Gasteiger charge is 2.17. The smallest absolute Gasteiger partial charge is 0.251 e. The number of carbonyl (C=O) groups excluding carboxylic acids is 1. The lowest BCUT2D eigenvalue weighted by Crippen LogP contribution is -2.47. The van der Waals surface area contributed by atoms with Crippen LogP contribution in [0, 0.1) is 0 Å². The van der Waals surface area contributed by atoms with Crippen LogP contribution in [0.3, 0.4) is 0 Å². The summed E-state index contributed by atoms with van der Waals surface area (Å²) in [6.45, 7) is 6.15. The van der Waals surface area contributed by atoms with Gasteiger partial charge in [-0.05, 0) is 43.3 Å². The monoisotopic (exact) mass is 466 g/mol. The lowest BCUT2D eigenvalue weighted by Gasteiger charge is -2.36. The van der Waals surface area contributed by atoms with Gasteiger partial charge in [0.2, 0.25) is 0 Å². The number of nitrogens with zero attached hydrogens (tertiary/aromatic N) is 3. The van der Waals surface area contributed by atoms with E-state index in [9.17, 15) is 4.79 Å². The van der Waals surface area contributed by atoms with Crippen molar-refractivity contribution in [1.82, 2.24) is 15.2 Å². The second kappa shape index (κ2) is 11.7. The highest BCUT2D eigenvalue weighted by molar-refractivity contribution is 7.07. The lowest BCUT2D eigenvalue weighted by molar-refractivity contribution is 0.0951. The molecule has 1 saturated heterocycles. The molecular formula is C25H30N4O3S. The molecule has 0 aliphatic carbocycles. The van der Waals surface area contributed by atoms with Crippen molar-refractivity contribution in [2.45, 2.75) is 13.0 Å². The summed E-state index contributed by atoms with van der Waals surface area (Å²) < 4.78 is 11.2. The molecule has 1 aromatic heterocycles. The molecule has 0 spiro atoms. The molecule has 0 bridgehead atoms. The molecule has 4 rings (SSSR count). The van der Waals surface area contributed by atoms with E-state index in [0.29, 0.717) is 30.2 Å². The van der Waals surface area contributed by atoms with E-state index in [2.05, 4.69) is 50.4 Å². The first-order chi connectivity index (χ1) is 16.2. The van der Waals surface area contributed by atoms with E-state index in [1.54, 1.807) is 30.8 Å². The third kappa shape index (κ3) is 6.46. The SMILES string of the molecule is COc1cc(C(=O)NCCCN2CCN(c3ccccc3)CC2)ccc1OCc1cscn1. The Morgan fingerprint density at radius 1 is 1.09 bits per heavy atom. The van der Waals surface area contributed by atoms with Gasteiger partial charge in [0.05, 0.1) is 18.3 Å². The fourth-order valence-electron chi connectivity index (χ4n) is 3.86. The summed E-state index contributed by atoms with van der Waals surface area (Å²) in [6, 6.07) is 15.8. The Morgan fingerprint density at radius 2 is 1.91 bits per heavy atom. The van der Waals surface area contributed by atoms with Crippen molar-refractivity contribution < 1.29 is 14.3 Å². The minimum absolute atomic E-state index is 0.103. The van der Waals surface area contributed by atoms with Crippen molar-refractivity contribution in [1.29, 1.82) is 0 Å². The van der Waals surface area contributed by atoms with E-state index in [1.165, 1.54) is 17.0 Å². The van der Waals surface area contributed by atoms with Gasteiger partial charge in [-0.1, -0.05) is 18.2 Å². The number of para-hydroxylation sites is 1. The fourth-order valence-corrected chi connectivity index (χ4v) is 4.41. The number of aromatic nitrogens is 1. The molecule has 2 heterocycles. The molecule has 0 saturated carbocycles. The minimum Gasteiger partial charge on any atom is -0.493 e. The number of rotatable bonds is 10. The predicted molar refractivity (Wildman–Crippen MR) is 131 cm³/mol. The number of benzene rings is 2. The first kappa shape index (κ1) is 23.1. The highest BCUT2D eigenvalue weighted by atomic mass is 32.1. The van der Waals surface area contributed by atoms with E-state index >= 15 is 0 Å². The summed E-state index contributed by atoms with van der Waals surface area (Å²) in [5, 5.41) is 4.96. The first-order valence-electron chi connectivity index (χ1n) is 11.2. The Kier molecular flexibility index (Phi) is 8.16. The van der Waals surface area contributed by atoms with Crippen molar-refractivity contribution in [2.24, 2.45) is 0 Å². The maximum Gasteiger partial charge on any atom is 0.251 e. The molecule has 1 aliphatic heterocycles. The average Bonchev–Trinajstić information content (AvgIpc) is 3.40. The van der Waals surface area contributed by atoms with Crippen molar-refractivity contribution in [3.63, 3.8) is 0 Å². The number of hydrogen-bond acceptors (Lipinski definition) is 7. The van der Waals surface area contributed by atoms with Gasteiger partial charge in [-0.25, -0.2) is 4.98 Å². The van der Waals surface area contributed by atoms with Gasteiger partial charge in [0.1, 0.15) is 6.61 Å². The van der Waals surface area contributed by atoms with Gasteiger partial charge in [-0.15, -0.1) is 11.3 Å². The number of ether oxygens (including phenoxy) is 2. The Morgan fingerprint density at radius 3 is 2.64 bits per heavy atom. The molecule has 1 aliphatic rings. The standard InChI is InChI=1S/C25H30N4O3S/c1-31-24-16-20(8-9-23(24)32-17-21-18-33-19-27-21)25(30)26-10-5-11-28-12-14-29(15-13-28)22-6-3-2-4-7-22/h2-4,6-9,16,18-19H,5,10-15,17H2,1H3,(H,26,30). The summed E-state index contributed by atoms with van der Waals surface area (Å²) in [5.41, 5.74) is 4.49. The van der Waals surface area contributed by atoms with Crippen molar-refractivity contribution in [2.75, 3.05) is 51.3 Å². The van der Waals surface area contributed by atoms with Crippen LogP contribution in [-0.2, 0) is 6.61 Å². The summed E-state index contributed by atoms with van der Waals surface area (Å²) >= 11 is 1.53. The molecule has 0 radical (unpaired) electrons. The number of thiazole rings is 1. The second-order valence-corrected chi connectivity index (χ2v) is 8.63. The quantitative estimate of drug-likeness (QED) is 0.460. The molecule has 1 N–H and O–H groups in total. The number of nitrogens with one attached hydrogen (secondary N) is 1. The predicted octanol–water partition coefficient (Wildman–Crippen LogP) is 3.67. The van der Waals surface area contributed by atoms with Crippen molar-refractivity contribution >= 4 is 22.9 Å². The van der Waals surface area contributed by atoms with Crippen LogP contribution in [0.1, 0.15) is 22.5 Å². The van der Waals surface area contributed by atoms with Crippen LogP contribution in [0.5, 0.6) is 11.5 Å². The second-order valence-electron chi connectivity index (χ2n) is 7.91. The highest BCUT2D eigenvalue weighted by Crippen LogP contribution is 2.29. The third-order valence-electron chi connectivity index (χ3n) is 5.72. The molecule has 174 valence electrons. The number of anilines is 1. The third-order valence-corrected chi connectivity index (χ3v) is 6.35. The number of piperazine rings is 1. The van der Waals surface area contributed by atoms with Gasteiger partial charge >= 0.3 is 0 Å². The molecule has 2 aromatic carbocycles. The Bertz CT molecular complexity index is 1010. The van der Waals surface area contributed by atoms with E-state index in [-0.39, 0.29) is 5.91 Å². The van der Waals surface area contributed by atoms with E-state index in [0.717, 1.165) is 44.8 Å². The van der Waals surface area contributed by atoms with Crippen LogP contribution in [0.25, 0.3) is 0 Å². The van der Waals surface area contributed by atoms with Crippen LogP contribution in [0.2, 0.25) is 0 Å². The topological polar surface area (TPSA) is 66.9 Å². The molecule has 0 atom stereocenters. The Labute approximate surface area is 199 Å². The maximum absolute atomic E-state index is 12.6. The van der Waals surface area contributed by atoms with Gasteiger partial charge in [0.15, 0.2) is 11.5 Å². The van der Waals surface area contributed by atoms with E-state index in [4.69, 9.17) is 9.47 Å². The molecule has 0 unspecified atom stereocenters. The summed E-state index contributed by atoms with van der Waals surface area (Å²) in [6.07, 6.45) is 0.920. The zero-order valence-electron chi connectivity index (χ0n) is 18.9. The average molecular weight is 467 g/mol. The Balaban J connectivity index is 1.18. The molecular weight excluding hydrogens is 436 g/mol. The maximum atomic E-state index is 12.6. The van der Waals surface area contributed by atoms with Gasteiger partial charge in [0, 0.05) is 49.4 Å². The molecule has 33 heavy (non-hydrogen) atoms. The van der Waals surface area contributed by atoms with Gasteiger partial charge < -0.3 is 19.7 Å². The molecule has 8 heteroatoms. The van der Waals surface area contributed by atoms with Crippen molar-refractivity contribution in [3.05, 3.63) is 70.7 Å². The van der Waals surface area contributed by atoms with Crippen LogP contribution in [0.4, 0.5) is 5.69 Å². The van der Waals surface area contributed by atoms with Gasteiger partial charge in [-0.2, -0.15) is 0 Å². The largest absolute Gasteiger partial charge is 0.493 e. The number of carbonyl (C=O) groups is 1. The van der Waals surface area contributed by atoms with Gasteiger partial charge in [0.25, 0.3) is 5.91 Å². The minimum atomic E-state index is -0.103. The zero-order chi connectivity index (χ0) is 22.9. The van der Waals surface area contributed by atoms with E-state index in [1.807, 2.05) is 5.38 Å². The molecule has 1 fully saturated rings. The molecule has 3 aromatic rings. The van der Waals surface area contributed by atoms with Crippen LogP contribution in [-0.4, -0.2) is 62.2 Å². The van der Waals surface area contributed by atoms with Crippen LogP contribution < -0.4 is 19.7 Å². The number of amides is 1. The summed E-state index contributed by atoms with van der Waals surface area (Å²) in [7, 11) is 1.57. The fraction of sp³-hybridized carbons (Fsp3) is 0.360. The van der Waals surface area contributed by atoms with Crippen molar-refractivity contribution in [3.8, 4) is 11.5 Å². The zero-order valence-corrected chi connectivity index (χ0v) is 19.7. The normalized spacial score (nSPS) is 14.2. The summed E-state index contributed by atoms with van der Waals surface area (Å²) in [4.78, 5) is 21.7. The lowest BCUT2D eigenvalue weighted by atomic mass is 10.2. The Hall–Kier alpha value is -3.10. The van der Waals surface area contributed by atoms with Crippen LogP contribution in [0.15, 0.2) is 59.4 Å². The number of hydrogen-bond donors (Lipinski definition) is 1. The first-order valence-corrected chi connectivity index (χ1v) is 12.2.